The van der Waals surface area contributed by atoms with Crippen molar-refractivity contribution in [1.29, 1.82) is 0 Å². The van der Waals surface area contributed by atoms with E-state index in [2.05, 4.69) is 22.2 Å². The van der Waals surface area contributed by atoms with E-state index in [0.29, 0.717) is 6.54 Å². The molecule has 25 heavy (non-hydrogen) atoms. The minimum absolute atomic E-state index is 0.630. The van der Waals surface area contributed by atoms with Gasteiger partial charge in [-0.3, -0.25) is 0 Å². The number of aliphatic imine (C=N–C) groups is 1. The van der Waals surface area contributed by atoms with Gasteiger partial charge in [0.05, 0.1) is 13.7 Å². The van der Waals surface area contributed by atoms with Crippen molar-refractivity contribution in [2.45, 2.75) is 19.9 Å². The number of nitrogens with one attached hydrogen (secondary N) is 2. The van der Waals surface area contributed by atoms with Crippen LogP contribution < -0.4 is 15.4 Å². The van der Waals surface area contributed by atoms with Gasteiger partial charge in [0.25, 0.3) is 0 Å². The quantitative estimate of drug-likeness (QED) is 0.243. The molecule has 1 aromatic rings. The van der Waals surface area contributed by atoms with Crippen molar-refractivity contribution in [1.82, 2.24) is 10.6 Å². The van der Waals surface area contributed by atoms with E-state index in [1.807, 2.05) is 49.0 Å². The van der Waals surface area contributed by atoms with Crippen LogP contribution in [0.25, 0.3) is 0 Å². The molecule has 1 aromatic carbocycles. The number of nitrogens with zero attached hydrogens (tertiary/aromatic N) is 1. The molecule has 0 aliphatic carbocycles. The molecular formula is C19H31N3O2S. The van der Waals surface area contributed by atoms with E-state index in [1.54, 1.807) is 7.11 Å². The topological polar surface area (TPSA) is 54.9 Å². The van der Waals surface area contributed by atoms with E-state index in [9.17, 15) is 0 Å². The lowest BCUT2D eigenvalue weighted by atomic mass is 10.2. The van der Waals surface area contributed by atoms with Gasteiger partial charge >= 0.3 is 0 Å². The fourth-order valence-electron chi connectivity index (χ4n) is 2.01. The van der Waals surface area contributed by atoms with Gasteiger partial charge in [0.1, 0.15) is 5.75 Å². The molecule has 0 bridgehead atoms. The normalized spacial score (nSPS) is 11.2. The van der Waals surface area contributed by atoms with Gasteiger partial charge < -0.3 is 20.1 Å². The highest BCUT2D eigenvalue weighted by molar-refractivity contribution is 7.99. The van der Waals surface area contributed by atoms with Crippen LogP contribution in [-0.2, 0) is 11.3 Å². The van der Waals surface area contributed by atoms with Crippen LogP contribution in [-0.4, -0.2) is 50.9 Å². The molecule has 2 N–H and O–H groups in total. The van der Waals surface area contributed by atoms with Gasteiger partial charge in [0.15, 0.2) is 5.96 Å². The van der Waals surface area contributed by atoms with Gasteiger partial charge in [0, 0.05) is 37.8 Å². The number of methoxy groups -OCH3 is 1. The van der Waals surface area contributed by atoms with Gasteiger partial charge in [-0.05, 0) is 31.0 Å². The van der Waals surface area contributed by atoms with Crippen LogP contribution in [0.1, 0.15) is 18.9 Å². The lowest BCUT2D eigenvalue weighted by molar-refractivity contribution is 0.145. The zero-order valence-corrected chi connectivity index (χ0v) is 16.2. The van der Waals surface area contributed by atoms with Crippen molar-refractivity contribution >= 4 is 17.7 Å². The van der Waals surface area contributed by atoms with Crippen LogP contribution in [0, 0.1) is 0 Å². The molecule has 0 radical (unpaired) electrons. The minimum atomic E-state index is 0.630. The summed E-state index contributed by atoms with van der Waals surface area (Å²) in [4.78, 5) is 4.67. The molecule has 0 atom stereocenters. The number of rotatable bonds is 13. The first kappa shape index (κ1) is 21.4. The number of guanidine groups is 1. The van der Waals surface area contributed by atoms with Gasteiger partial charge in [-0.1, -0.05) is 18.2 Å². The van der Waals surface area contributed by atoms with E-state index < -0.39 is 0 Å². The van der Waals surface area contributed by atoms with Crippen molar-refractivity contribution < 1.29 is 9.47 Å². The number of hydrogen-bond acceptors (Lipinski definition) is 4. The maximum Gasteiger partial charge on any atom is 0.191 e. The highest BCUT2D eigenvalue weighted by atomic mass is 32.2. The molecule has 0 aliphatic rings. The summed E-state index contributed by atoms with van der Waals surface area (Å²) >= 11 is 1.85. The summed E-state index contributed by atoms with van der Waals surface area (Å²) in [5.74, 6) is 3.70. The Bertz CT molecular complexity index is 492. The number of benzene rings is 1. The maximum atomic E-state index is 5.37. The Kier molecular flexibility index (Phi) is 12.5. The minimum Gasteiger partial charge on any atom is -0.497 e. The summed E-state index contributed by atoms with van der Waals surface area (Å²) in [6.45, 7) is 9.62. The van der Waals surface area contributed by atoms with Gasteiger partial charge in [-0.2, -0.15) is 11.8 Å². The third kappa shape index (κ3) is 10.7. The fraction of sp³-hybridized carbons (Fsp3) is 0.526. The summed E-state index contributed by atoms with van der Waals surface area (Å²) in [6, 6.07) is 7.99. The van der Waals surface area contributed by atoms with Crippen molar-refractivity contribution in [3.63, 3.8) is 0 Å². The third-order valence-corrected chi connectivity index (χ3v) is 4.28. The second-order valence-corrected chi connectivity index (χ2v) is 6.43. The molecule has 0 fully saturated rings. The molecule has 0 spiro atoms. The zero-order valence-electron chi connectivity index (χ0n) is 15.4. The van der Waals surface area contributed by atoms with Crippen molar-refractivity contribution in [2.75, 3.05) is 44.9 Å². The van der Waals surface area contributed by atoms with Gasteiger partial charge in [-0.25, -0.2) is 4.99 Å². The molecule has 0 amide bonds. The summed E-state index contributed by atoms with van der Waals surface area (Å²) in [5.41, 5.74) is 1.15. The van der Waals surface area contributed by atoms with Crippen LogP contribution in [0.3, 0.4) is 0 Å². The molecule has 6 heteroatoms. The Morgan fingerprint density at radius 3 is 2.68 bits per heavy atom. The molecule has 0 heterocycles. The summed E-state index contributed by atoms with van der Waals surface area (Å²) in [5, 5.41) is 6.75. The Morgan fingerprint density at radius 2 is 2.00 bits per heavy atom. The first-order valence-electron chi connectivity index (χ1n) is 8.71. The monoisotopic (exact) mass is 365 g/mol. The standard InChI is InChI=1S/C19H31N3O2S/c1-4-14-25-15-12-21-19(20-11-6-13-24-5-2)22-16-17-7-9-18(23-3)10-8-17/h4,7-10H,1,5-6,11-16H2,2-3H3,(H2,20,21,22). The van der Waals surface area contributed by atoms with Gasteiger partial charge in [0.2, 0.25) is 0 Å². The average Bonchev–Trinajstić information content (AvgIpc) is 2.65. The van der Waals surface area contributed by atoms with Crippen molar-refractivity contribution in [3.8, 4) is 5.75 Å². The van der Waals surface area contributed by atoms with Crippen LogP contribution in [0.2, 0.25) is 0 Å². The number of ether oxygens (including phenoxy) is 2. The first-order valence-corrected chi connectivity index (χ1v) is 9.87. The maximum absolute atomic E-state index is 5.37. The third-order valence-electron chi connectivity index (χ3n) is 3.32. The Balaban J connectivity index is 2.46. The second kappa shape index (κ2) is 14.7. The molecular weight excluding hydrogens is 334 g/mol. The lowest BCUT2D eigenvalue weighted by Gasteiger charge is -2.12. The van der Waals surface area contributed by atoms with Crippen LogP contribution in [0.15, 0.2) is 41.9 Å². The van der Waals surface area contributed by atoms with Crippen LogP contribution >= 0.6 is 11.8 Å². The first-order chi connectivity index (χ1) is 12.3. The van der Waals surface area contributed by atoms with E-state index in [0.717, 1.165) is 61.5 Å². The largest absolute Gasteiger partial charge is 0.497 e. The van der Waals surface area contributed by atoms with Crippen LogP contribution in [0.5, 0.6) is 5.75 Å². The molecule has 0 unspecified atom stereocenters. The van der Waals surface area contributed by atoms with E-state index in [4.69, 9.17) is 9.47 Å². The molecule has 0 aromatic heterocycles. The lowest BCUT2D eigenvalue weighted by Crippen LogP contribution is -2.39. The second-order valence-electron chi connectivity index (χ2n) is 5.28. The molecule has 140 valence electrons. The molecule has 0 saturated carbocycles. The predicted octanol–water partition coefficient (Wildman–Crippen LogP) is 3.08. The average molecular weight is 366 g/mol. The highest BCUT2D eigenvalue weighted by Gasteiger charge is 1.99. The Hall–Kier alpha value is -1.66. The number of thioether (sulfide) groups is 1. The van der Waals surface area contributed by atoms with Crippen LogP contribution in [0.4, 0.5) is 0 Å². The highest BCUT2D eigenvalue weighted by Crippen LogP contribution is 2.11. The number of hydrogen-bond donors (Lipinski definition) is 2. The summed E-state index contributed by atoms with van der Waals surface area (Å²) in [7, 11) is 1.67. The van der Waals surface area contributed by atoms with E-state index >= 15 is 0 Å². The SMILES string of the molecule is C=CCSCCNC(=NCc1ccc(OC)cc1)NCCCOCC. The molecule has 0 aliphatic heterocycles. The smallest absolute Gasteiger partial charge is 0.191 e. The van der Waals surface area contributed by atoms with E-state index in [-0.39, 0.29) is 0 Å². The van der Waals surface area contributed by atoms with Crippen molar-refractivity contribution in [3.05, 3.63) is 42.5 Å². The summed E-state index contributed by atoms with van der Waals surface area (Å²) in [6.07, 6.45) is 2.89. The molecule has 0 saturated heterocycles. The fourth-order valence-corrected chi connectivity index (χ4v) is 2.59. The summed E-state index contributed by atoms with van der Waals surface area (Å²) < 4.78 is 10.6. The molecule has 5 nitrogen and oxygen atoms in total. The molecule has 1 rings (SSSR count). The Labute approximate surface area is 156 Å². The predicted molar refractivity (Wildman–Crippen MR) is 109 cm³/mol. The van der Waals surface area contributed by atoms with E-state index in [1.165, 1.54) is 0 Å². The van der Waals surface area contributed by atoms with Crippen molar-refractivity contribution in [2.24, 2.45) is 4.99 Å². The zero-order chi connectivity index (χ0) is 18.2. The van der Waals surface area contributed by atoms with Gasteiger partial charge in [-0.15, -0.1) is 6.58 Å². The Morgan fingerprint density at radius 1 is 1.24 bits per heavy atom.